The largest absolute Gasteiger partial charge is 0.369 e. The zero-order chi connectivity index (χ0) is 9.84. The number of hydrogen-bond donors (Lipinski definition) is 1. The second-order valence-corrected chi connectivity index (χ2v) is 4.38. The van der Waals surface area contributed by atoms with Gasteiger partial charge in [0.15, 0.2) is 0 Å². The third-order valence-corrected chi connectivity index (χ3v) is 3.18. The summed E-state index contributed by atoms with van der Waals surface area (Å²) in [6.45, 7) is 1.76. The van der Waals surface area contributed by atoms with E-state index in [0.717, 1.165) is 4.90 Å². The highest BCUT2D eigenvalue weighted by Gasteiger charge is 2.11. The highest BCUT2D eigenvalue weighted by Crippen LogP contribution is 2.29. The molecule has 0 fully saturated rings. The molecule has 0 radical (unpaired) electrons. The summed E-state index contributed by atoms with van der Waals surface area (Å²) in [7, 11) is 0. The third kappa shape index (κ3) is 2.94. The molecule has 0 unspecified atom stereocenters. The molecule has 1 rings (SSSR count). The highest BCUT2D eigenvalue weighted by molar-refractivity contribution is 8.00. The van der Waals surface area contributed by atoms with Crippen LogP contribution in [0.5, 0.6) is 0 Å². The first kappa shape index (κ1) is 10.4. The minimum absolute atomic E-state index is 0.250. The number of nitrogens with two attached hydrogens (primary N) is 1. The number of halogens is 1. The monoisotopic (exact) mass is 215 g/mol. The number of benzene rings is 1. The van der Waals surface area contributed by atoms with Crippen LogP contribution in [0.25, 0.3) is 0 Å². The van der Waals surface area contributed by atoms with Gasteiger partial charge < -0.3 is 5.73 Å². The first-order valence-corrected chi connectivity index (χ1v) is 5.07. The fourth-order valence-corrected chi connectivity index (χ4v) is 1.89. The van der Waals surface area contributed by atoms with E-state index in [9.17, 15) is 4.79 Å². The number of carbonyl (C=O) groups is 1. The highest BCUT2D eigenvalue weighted by atomic mass is 35.5. The van der Waals surface area contributed by atoms with Gasteiger partial charge in [0, 0.05) is 4.90 Å². The Morgan fingerprint density at radius 1 is 1.54 bits per heavy atom. The van der Waals surface area contributed by atoms with Gasteiger partial charge in [-0.05, 0) is 19.1 Å². The molecule has 0 saturated carbocycles. The molecule has 0 spiro atoms. The molecule has 1 amide bonds. The van der Waals surface area contributed by atoms with Crippen molar-refractivity contribution in [3.8, 4) is 0 Å². The predicted octanol–water partition coefficient (Wildman–Crippen LogP) is 2.31. The van der Waals surface area contributed by atoms with Crippen molar-refractivity contribution < 1.29 is 4.79 Å². The van der Waals surface area contributed by atoms with Gasteiger partial charge in [-0.3, -0.25) is 4.79 Å². The lowest BCUT2D eigenvalue weighted by atomic mass is 10.4. The van der Waals surface area contributed by atoms with Crippen LogP contribution in [-0.4, -0.2) is 11.2 Å². The van der Waals surface area contributed by atoms with E-state index in [-0.39, 0.29) is 11.2 Å². The maximum absolute atomic E-state index is 10.8. The summed E-state index contributed by atoms with van der Waals surface area (Å²) < 4.78 is 0. The van der Waals surface area contributed by atoms with Crippen LogP contribution in [0.4, 0.5) is 0 Å². The molecule has 2 nitrogen and oxygen atoms in total. The molecule has 0 aliphatic carbocycles. The molecule has 70 valence electrons. The molecule has 4 heteroatoms. The molecule has 0 saturated heterocycles. The van der Waals surface area contributed by atoms with Gasteiger partial charge in [-0.1, -0.05) is 23.7 Å². The lowest BCUT2D eigenvalue weighted by Crippen LogP contribution is -2.22. The Labute approximate surface area is 86.5 Å². The first-order valence-electron chi connectivity index (χ1n) is 3.81. The van der Waals surface area contributed by atoms with Gasteiger partial charge in [0.1, 0.15) is 0 Å². The normalized spacial score (nSPS) is 12.5. The Bertz CT molecular complexity index is 316. The Morgan fingerprint density at radius 3 is 2.69 bits per heavy atom. The van der Waals surface area contributed by atoms with Crippen LogP contribution >= 0.6 is 23.4 Å². The molecule has 0 bridgehead atoms. The van der Waals surface area contributed by atoms with E-state index in [1.165, 1.54) is 11.8 Å². The minimum atomic E-state index is -0.329. The SMILES string of the molecule is C[C@H](Sc1ccccc1Cl)C(N)=O. The second kappa shape index (κ2) is 4.53. The first-order chi connectivity index (χ1) is 6.11. The van der Waals surface area contributed by atoms with Gasteiger partial charge in [0.05, 0.1) is 10.3 Å². The van der Waals surface area contributed by atoms with Gasteiger partial charge in [-0.2, -0.15) is 0 Å². The molecular formula is C9H10ClNOS. The van der Waals surface area contributed by atoms with E-state index in [1.807, 2.05) is 18.2 Å². The lowest BCUT2D eigenvalue weighted by molar-refractivity contribution is -0.117. The molecule has 0 aliphatic rings. The van der Waals surface area contributed by atoms with Crippen molar-refractivity contribution in [3.05, 3.63) is 29.3 Å². The number of primary amides is 1. The van der Waals surface area contributed by atoms with Crippen LogP contribution in [0.2, 0.25) is 5.02 Å². The summed E-state index contributed by atoms with van der Waals surface area (Å²) in [5.41, 5.74) is 5.13. The minimum Gasteiger partial charge on any atom is -0.369 e. The van der Waals surface area contributed by atoms with Crippen molar-refractivity contribution in [1.29, 1.82) is 0 Å². The summed E-state index contributed by atoms with van der Waals surface area (Å²) in [4.78, 5) is 11.7. The zero-order valence-corrected chi connectivity index (χ0v) is 8.73. The quantitative estimate of drug-likeness (QED) is 0.787. The number of hydrogen-bond acceptors (Lipinski definition) is 2. The molecule has 0 aliphatic heterocycles. The molecule has 13 heavy (non-hydrogen) atoms. The van der Waals surface area contributed by atoms with Crippen molar-refractivity contribution in [1.82, 2.24) is 0 Å². The number of carbonyl (C=O) groups excluding carboxylic acids is 1. The summed E-state index contributed by atoms with van der Waals surface area (Å²) in [5.74, 6) is -0.329. The lowest BCUT2D eigenvalue weighted by Gasteiger charge is -2.07. The van der Waals surface area contributed by atoms with Crippen molar-refractivity contribution in [2.45, 2.75) is 17.1 Å². The number of thioether (sulfide) groups is 1. The molecule has 0 aromatic heterocycles. The van der Waals surface area contributed by atoms with Crippen molar-refractivity contribution in [2.24, 2.45) is 5.73 Å². The summed E-state index contributed by atoms with van der Waals surface area (Å²) >= 11 is 7.27. The average Bonchev–Trinajstić information content (AvgIpc) is 2.08. The summed E-state index contributed by atoms with van der Waals surface area (Å²) in [6, 6.07) is 7.38. The van der Waals surface area contributed by atoms with Crippen LogP contribution in [0.1, 0.15) is 6.92 Å². The summed E-state index contributed by atoms with van der Waals surface area (Å²) in [6.07, 6.45) is 0. The molecule has 1 aromatic carbocycles. The van der Waals surface area contributed by atoms with E-state index < -0.39 is 0 Å². The Balaban J connectivity index is 2.74. The van der Waals surface area contributed by atoms with Crippen LogP contribution in [-0.2, 0) is 4.79 Å². The van der Waals surface area contributed by atoms with Crippen LogP contribution < -0.4 is 5.73 Å². The number of rotatable bonds is 3. The Kier molecular flexibility index (Phi) is 3.63. The average molecular weight is 216 g/mol. The Hall–Kier alpha value is -0.670. The van der Waals surface area contributed by atoms with Gasteiger partial charge in [-0.25, -0.2) is 0 Å². The van der Waals surface area contributed by atoms with Crippen molar-refractivity contribution in [2.75, 3.05) is 0 Å². The van der Waals surface area contributed by atoms with Crippen LogP contribution in [0.3, 0.4) is 0 Å². The zero-order valence-electron chi connectivity index (χ0n) is 7.16. The number of amides is 1. The maximum Gasteiger partial charge on any atom is 0.230 e. The van der Waals surface area contributed by atoms with Gasteiger partial charge >= 0.3 is 0 Å². The molecule has 1 atom stereocenters. The standard InChI is InChI=1S/C9H10ClNOS/c1-6(9(11)12)13-8-5-3-2-4-7(8)10/h2-6H,1H3,(H2,11,12)/t6-/m0/s1. The second-order valence-electron chi connectivity index (χ2n) is 2.59. The molecule has 1 aromatic rings. The van der Waals surface area contributed by atoms with Gasteiger partial charge in [0.2, 0.25) is 5.91 Å². The summed E-state index contributed by atoms with van der Waals surface area (Å²) in [5, 5.41) is 0.403. The van der Waals surface area contributed by atoms with E-state index in [0.29, 0.717) is 5.02 Å². The van der Waals surface area contributed by atoms with E-state index >= 15 is 0 Å². The predicted molar refractivity (Wildman–Crippen MR) is 56.0 cm³/mol. The van der Waals surface area contributed by atoms with E-state index in [1.54, 1.807) is 13.0 Å². The van der Waals surface area contributed by atoms with Gasteiger partial charge in [-0.15, -0.1) is 11.8 Å². The van der Waals surface area contributed by atoms with Crippen molar-refractivity contribution >= 4 is 29.3 Å². The third-order valence-electron chi connectivity index (χ3n) is 1.54. The maximum atomic E-state index is 10.8. The fourth-order valence-electron chi connectivity index (χ4n) is 0.789. The van der Waals surface area contributed by atoms with Crippen LogP contribution in [0.15, 0.2) is 29.2 Å². The van der Waals surface area contributed by atoms with Crippen LogP contribution in [0, 0.1) is 0 Å². The smallest absolute Gasteiger partial charge is 0.230 e. The Morgan fingerprint density at radius 2 is 2.15 bits per heavy atom. The van der Waals surface area contributed by atoms with Gasteiger partial charge in [0.25, 0.3) is 0 Å². The van der Waals surface area contributed by atoms with Crippen molar-refractivity contribution in [3.63, 3.8) is 0 Å². The topological polar surface area (TPSA) is 43.1 Å². The molecular weight excluding hydrogens is 206 g/mol. The fraction of sp³-hybridized carbons (Fsp3) is 0.222. The van der Waals surface area contributed by atoms with E-state index in [2.05, 4.69) is 0 Å². The molecule has 2 N–H and O–H groups in total. The molecule has 0 heterocycles. The van der Waals surface area contributed by atoms with E-state index in [4.69, 9.17) is 17.3 Å².